The van der Waals surface area contributed by atoms with E-state index < -0.39 is 15.8 Å². The summed E-state index contributed by atoms with van der Waals surface area (Å²) < 4.78 is 40.6. The zero-order valence-electron chi connectivity index (χ0n) is 12.1. The number of aryl methyl sites for hydroxylation is 1. The highest BCUT2D eigenvalue weighted by atomic mass is 32.2. The molecule has 2 rings (SSSR count). The standard InChI is InChI=1S/C15H15FN2O3S/c1-10-5-3-4-6-15(10)22(20,21)18-14-9-12(16)7-8-13(14)17-11(2)19/h3-9,18H,1-2H3,(H,17,19). The molecule has 5 nitrogen and oxygen atoms in total. The highest BCUT2D eigenvalue weighted by Gasteiger charge is 2.18. The van der Waals surface area contributed by atoms with Crippen molar-refractivity contribution < 1.29 is 17.6 Å². The van der Waals surface area contributed by atoms with Crippen LogP contribution in [-0.2, 0) is 14.8 Å². The molecule has 2 aromatic rings. The van der Waals surface area contributed by atoms with Gasteiger partial charge in [-0.15, -0.1) is 0 Å². The molecule has 0 radical (unpaired) electrons. The Hall–Kier alpha value is -2.41. The number of sulfonamides is 1. The van der Waals surface area contributed by atoms with Crippen molar-refractivity contribution in [2.24, 2.45) is 0 Å². The van der Waals surface area contributed by atoms with Crippen molar-refractivity contribution in [3.8, 4) is 0 Å². The molecule has 0 fully saturated rings. The number of anilines is 2. The van der Waals surface area contributed by atoms with Crippen LogP contribution in [0.2, 0.25) is 0 Å². The summed E-state index contributed by atoms with van der Waals surface area (Å²) in [5, 5.41) is 2.46. The van der Waals surface area contributed by atoms with Gasteiger partial charge in [0.15, 0.2) is 0 Å². The predicted molar refractivity (Wildman–Crippen MR) is 82.7 cm³/mol. The van der Waals surface area contributed by atoms with Crippen LogP contribution in [0.5, 0.6) is 0 Å². The van der Waals surface area contributed by atoms with E-state index in [2.05, 4.69) is 10.0 Å². The molecule has 2 aromatic carbocycles. The lowest BCUT2D eigenvalue weighted by Gasteiger charge is -2.14. The molecule has 0 saturated heterocycles. The Bertz CT molecular complexity index is 819. The van der Waals surface area contributed by atoms with E-state index in [1.165, 1.54) is 19.1 Å². The fraction of sp³-hybridized carbons (Fsp3) is 0.133. The topological polar surface area (TPSA) is 75.3 Å². The highest BCUT2D eigenvalue weighted by Crippen LogP contribution is 2.26. The number of benzene rings is 2. The van der Waals surface area contributed by atoms with Crippen LogP contribution >= 0.6 is 0 Å². The van der Waals surface area contributed by atoms with Crippen molar-refractivity contribution in [2.45, 2.75) is 18.7 Å². The fourth-order valence-electron chi connectivity index (χ4n) is 1.96. The molecule has 0 spiro atoms. The minimum atomic E-state index is -3.89. The molecule has 7 heteroatoms. The van der Waals surface area contributed by atoms with Crippen LogP contribution in [0.25, 0.3) is 0 Å². The second-order valence-electron chi connectivity index (χ2n) is 4.74. The molecule has 0 aliphatic rings. The van der Waals surface area contributed by atoms with Gasteiger partial charge in [0.1, 0.15) is 5.82 Å². The summed E-state index contributed by atoms with van der Waals surface area (Å²) in [6, 6.07) is 9.88. The first-order valence-electron chi connectivity index (χ1n) is 6.45. The average molecular weight is 322 g/mol. The van der Waals surface area contributed by atoms with Gasteiger partial charge in [0, 0.05) is 13.0 Å². The summed E-state index contributed by atoms with van der Waals surface area (Å²) in [6.45, 7) is 2.94. The van der Waals surface area contributed by atoms with Crippen LogP contribution in [0.1, 0.15) is 12.5 Å². The van der Waals surface area contributed by atoms with E-state index in [-0.39, 0.29) is 22.2 Å². The Balaban J connectivity index is 2.43. The first-order chi connectivity index (χ1) is 10.3. The van der Waals surface area contributed by atoms with Gasteiger partial charge in [-0.25, -0.2) is 12.8 Å². The first-order valence-corrected chi connectivity index (χ1v) is 7.93. The lowest BCUT2D eigenvalue weighted by atomic mass is 10.2. The monoisotopic (exact) mass is 322 g/mol. The maximum absolute atomic E-state index is 13.4. The van der Waals surface area contributed by atoms with E-state index >= 15 is 0 Å². The third-order valence-electron chi connectivity index (χ3n) is 2.92. The van der Waals surface area contributed by atoms with Crippen LogP contribution < -0.4 is 10.0 Å². The quantitative estimate of drug-likeness (QED) is 0.909. The van der Waals surface area contributed by atoms with Gasteiger partial charge in [-0.2, -0.15) is 0 Å². The second-order valence-corrected chi connectivity index (χ2v) is 6.39. The van der Waals surface area contributed by atoms with Crippen LogP contribution in [-0.4, -0.2) is 14.3 Å². The Morgan fingerprint density at radius 1 is 1.09 bits per heavy atom. The number of hydrogen-bond donors (Lipinski definition) is 2. The van der Waals surface area contributed by atoms with E-state index in [1.807, 2.05) is 0 Å². The van der Waals surface area contributed by atoms with Crippen molar-refractivity contribution in [1.82, 2.24) is 0 Å². The molecule has 0 aliphatic carbocycles. The fourth-order valence-corrected chi connectivity index (χ4v) is 3.28. The highest BCUT2D eigenvalue weighted by molar-refractivity contribution is 7.92. The SMILES string of the molecule is CC(=O)Nc1ccc(F)cc1NS(=O)(=O)c1ccccc1C. The zero-order chi connectivity index (χ0) is 16.3. The van der Waals surface area contributed by atoms with Crippen molar-refractivity contribution in [3.05, 3.63) is 53.8 Å². The molecule has 2 N–H and O–H groups in total. The van der Waals surface area contributed by atoms with Gasteiger partial charge in [0.25, 0.3) is 10.0 Å². The second kappa shape index (κ2) is 6.15. The van der Waals surface area contributed by atoms with E-state index in [9.17, 15) is 17.6 Å². The molecule has 0 aliphatic heterocycles. The summed E-state index contributed by atoms with van der Waals surface area (Å²) in [5.74, 6) is -1.00. The number of nitrogens with one attached hydrogen (secondary N) is 2. The van der Waals surface area contributed by atoms with Gasteiger partial charge in [-0.05, 0) is 30.7 Å². The van der Waals surface area contributed by atoms with Gasteiger partial charge < -0.3 is 5.32 Å². The van der Waals surface area contributed by atoms with E-state index in [4.69, 9.17) is 0 Å². The number of amides is 1. The zero-order valence-corrected chi connectivity index (χ0v) is 12.9. The van der Waals surface area contributed by atoms with Gasteiger partial charge in [-0.1, -0.05) is 18.2 Å². The molecule has 1 amide bonds. The van der Waals surface area contributed by atoms with E-state index in [1.54, 1.807) is 25.1 Å². The maximum Gasteiger partial charge on any atom is 0.262 e. The smallest absolute Gasteiger partial charge is 0.262 e. The lowest BCUT2D eigenvalue weighted by molar-refractivity contribution is -0.114. The molecule has 0 atom stereocenters. The Labute approximate surface area is 128 Å². The summed E-state index contributed by atoms with van der Waals surface area (Å²) in [6.07, 6.45) is 0. The van der Waals surface area contributed by atoms with Crippen molar-refractivity contribution >= 4 is 27.3 Å². The lowest BCUT2D eigenvalue weighted by Crippen LogP contribution is -2.16. The van der Waals surface area contributed by atoms with Crippen LogP contribution in [0, 0.1) is 12.7 Å². The Kier molecular flexibility index (Phi) is 4.46. The minimum Gasteiger partial charge on any atom is -0.325 e. The van der Waals surface area contributed by atoms with Gasteiger partial charge >= 0.3 is 0 Å². The third kappa shape index (κ3) is 3.62. The van der Waals surface area contributed by atoms with Gasteiger partial charge in [0.2, 0.25) is 5.91 Å². The summed E-state index contributed by atoms with van der Waals surface area (Å²) in [7, 11) is -3.89. The van der Waals surface area contributed by atoms with Crippen molar-refractivity contribution in [3.63, 3.8) is 0 Å². The van der Waals surface area contributed by atoms with Crippen LogP contribution in [0.3, 0.4) is 0 Å². The molecule has 0 aromatic heterocycles. The van der Waals surface area contributed by atoms with E-state index in [0.29, 0.717) is 5.56 Å². The molecule has 0 saturated carbocycles. The maximum atomic E-state index is 13.4. The van der Waals surface area contributed by atoms with Crippen LogP contribution in [0.4, 0.5) is 15.8 Å². The summed E-state index contributed by atoms with van der Waals surface area (Å²) >= 11 is 0. The molecule has 22 heavy (non-hydrogen) atoms. The number of hydrogen-bond acceptors (Lipinski definition) is 3. The average Bonchev–Trinajstić information content (AvgIpc) is 2.41. The number of halogens is 1. The normalized spacial score (nSPS) is 11.0. The van der Waals surface area contributed by atoms with Crippen LogP contribution in [0.15, 0.2) is 47.4 Å². The van der Waals surface area contributed by atoms with Gasteiger partial charge in [-0.3, -0.25) is 9.52 Å². The van der Waals surface area contributed by atoms with E-state index in [0.717, 1.165) is 12.1 Å². The molecule has 0 unspecified atom stereocenters. The molecular formula is C15H15FN2O3S. The molecule has 0 bridgehead atoms. The largest absolute Gasteiger partial charge is 0.325 e. The Morgan fingerprint density at radius 2 is 1.77 bits per heavy atom. The minimum absolute atomic E-state index is 0.0292. The molecular weight excluding hydrogens is 307 g/mol. The number of carbonyl (C=O) groups excluding carboxylic acids is 1. The van der Waals surface area contributed by atoms with Gasteiger partial charge in [0.05, 0.1) is 16.3 Å². The Morgan fingerprint density at radius 3 is 2.41 bits per heavy atom. The third-order valence-corrected chi connectivity index (χ3v) is 4.45. The molecule has 0 heterocycles. The van der Waals surface area contributed by atoms with Crippen molar-refractivity contribution in [2.75, 3.05) is 10.0 Å². The first kappa shape index (κ1) is 16.0. The number of carbonyl (C=O) groups is 1. The molecule has 116 valence electrons. The predicted octanol–water partition coefficient (Wildman–Crippen LogP) is 2.89. The number of rotatable bonds is 4. The van der Waals surface area contributed by atoms with Crippen molar-refractivity contribution in [1.29, 1.82) is 0 Å². The summed E-state index contributed by atoms with van der Waals surface area (Å²) in [4.78, 5) is 11.2. The summed E-state index contributed by atoms with van der Waals surface area (Å²) in [5.41, 5.74) is 0.719.